The Labute approximate surface area is 181 Å². The van der Waals surface area contributed by atoms with Crippen LogP contribution < -0.4 is 5.32 Å². The van der Waals surface area contributed by atoms with E-state index >= 15 is 0 Å². The summed E-state index contributed by atoms with van der Waals surface area (Å²) in [6, 6.07) is 3.97. The molecule has 5 nitrogen and oxygen atoms in total. The van der Waals surface area contributed by atoms with Gasteiger partial charge in [-0.15, -0.1) is 24.0 Å². The Morgan fingerprint density at radius 2 is 2.04 bits per heavy atom. The first-order chi connectivity index (χ1) is 12.8. The summed E-state index contributed by atoms with van der Waals surface area (Å²) in [6.07, 6.45) is 11.9. The summed E-state index contributed by atoms with van der Waals surface area (Å²) >= 11 is 0. The molecule has 1 aliphatic heterocycles. The predicted molar refractivity (Wildman–Crippen MR) is 121 cm³/mol. The van der Waals surface area contributed by atoms with Crippen molar-refractivity contribution >= 4 is 29.9 Å². The molecule has 1 saturated heterocycles. The van der Waals surface area contributed by atoms with Gasteiger partial charge in [0.25, 0.3) is 0 Å². The molecule has 0 bridgehead atoms. The lowest BCUT2D eigenvalue weighted by atomic mass is 10.1. The molecular formula is C21H36IN3O2. The van der Waals surface area contributed by atoms with E-state index in [4.69, 9.17) is 14.1 Å². The summed E-state index contributed by atoms with van der Waals surface area (Å²) in [5, 5.41) is 3.53. The Morgan fingerprint density at radius 3 is 2.70 bits per heavy atom. The van der Waals surface area contributed by atoms with Crippen LogP contribution in [0, 0.1) is 5.92 Å². The minimum atomic E-state index is 0. The van der Waals surface area contributed by atoms with Crippen LogP contribution in [0.2, 0.25) is 0 Å². The third-order valence-corrected chi connectivity index (χ3v) is 5.50. The lowest BCUT2D eigenvalue weighted by Gasteiger charge is -2.34. The molecule has 0 atom stereocenters. The predicted octanol–water partition coefficient (Wildman–Crippen LogP) is 4.47. The molecule has 1 aliphatic carbocycles. The minimum absolute atomic E-state index is 0. The number of piperidine rings is 1. The first kappa shape index (κ1) is 22.5. The van der Waals surface area contributed by atoms with Gasteiger partial charge in [0.15, 0.2) is 5.96 Å². The Balaban J connectivity index is 0.00000261. The van der Waals surface area contributed by atoms with Gasteiger partial charge in [-0.1, -0.05) is 19.8 Å². The number of aliphatic imine (C=N–C) groups is 1. The fourth-order valence-electron chi connectivity index (χ4n) is 3.92. The maximum absolute atomic E-state index is 6.21. The van der Waals surface area contributed by atoms with Crippen molar-refractivity contribution in [1.82, 2.24) is 10.2 Å². The number of nitrogens with zero attached hydrogens (tertiary/aromatic N) is 2. The number of rotatable bonds is 8. The van der Waals surface area contributed by atoms with E-state index in [0.717, 1.165) is 76.1 Å². The number of hydrogen-bond donors (Lipinski definition) is 1. The SMILES string of the molecule is CCCN=C(NCCc1ccco1)N1CCC(OCC2CCCC2)CC1.I. The second-order valence-corrected chi connectivity index (χ2v) is 7.63. The van der Waals surface area contributed by atoms with Gasteiger partial charge in [0, 0.05) is 39.2 Å². The molecule has 0 spiro atoms. The van der Waals surface area contributed by atoms with E-state index in [0.29, 0.717) is 6.10 Å². The number of ether oxygens (including phenoxy) is 1. The second kappa shape index (κ2) is 12.6. The van der Waals surface area contributed by atoms with Crippen molar-refractivity contribution in [2.45, 2.75) is 64.4 Å². The molecule has 0 radical (unpaired) electrons. The summed E-state index contributed by atoms with van der Waals surface area (Å²) in [5.74, 6) is 2.89. The monoisotopic (exact) mass is 489 g/mol. The fraction of sp³-hybridized carbons (Fsp3) is 0.762. The first-order valence-corrected chi connectivity index (χ1v) is 10.5. The summed E-state index contributed by atoms with van der Waals surface area (Å²) in [4.78, 5) is 7.17. The molecule has 0 aromatic carbocycles. The van der Waals surface area contributed by atoms with Crippen LogP contribution >= 0.6 is 24.0 Å². The Hall–Kier alpha value is -0.760. The fourth-order valence-corrected chi connectivity index (χ4v) is 3.92. The maximum Gasteiger partial charge on any atom is 0.193 e. The number of hydrogen-bond acceptors (Lipinski definition) is 3. The Kier molecular flexibility index (Phi) is 10.6. The van der Waals surface area contributed by atoms with Gasteiger partial charge < -0.3 is 19.4 Å². The normalized spacial score (nSPS) is 19.3. The van der Waals surface area contributed by atoms with Gasteiger partial charge in [0.1, 0.15) is 5.76 Å². The van der Waals surface area contributed by atoms with Gasteiger partial charge in [-0.2, -0.15) is 0 Å². The number of nitrogens with one attached hydrogen (secondary N) is 1. The van der Waals surface area contributed by atoms with E-state index in [1.165, 1.54) is 25.7 Å². The molecule has 0 amide bonds. The number of furan rings is 1. The van der Waals surface area contributed by atoms with Gasteiger partial charge in [0.05, 0.1) is 12.4 Å². The zero-order valence-corrected chi connectivity index (χ0v) is 19.0. The average Bonchev–Trinajstić information content (AvgIpc) is 3.37. The molecule has 1 aromatic heterocycles. The van der Waals surface area contributed by atoms with Crippen LogP contribution in [0.1, 0.15) is 57.6 Å². The van der Waals surface area contributed by atoms with Gasteiger partial charge in [-0.05, 0) is 50.2 Å². The lowest BCUT2D eigenvalue weighted by Crippen LogP contribution is -2.47. The minimum Gasteiger partial charge on any atom is -0.469 e. The third kappa shape index (κ3) is 7.64. The molecule has 2 heterocycles. The van der Waals surface area contributed by atoms with Crippen LogP contribution in [-0.4, -0.2) is 49.7 Å². The standard InChI is InChI=1S/C21H35N3O2.HI/c1-2-12-22-21(23-13-9-19-8-5-16-25-19)24-14-10-20(11-15-24)26-17-18-6-3-4-7-18;/h5,8,16,18,20H,2-4,6-7,9-15,17H2,1H3,(H,22,23);1H. The Morgan fingerprint density at radius 1 is 1.26 bits per heavy atom. The van der Waals surface area contributed by atoms with Crippen LogP contribution in [0.5, 0.6) is 0 Å². The molecule has 1 saturated carbocycles. The molecule has 1 N–H and O–H groups in total. The number of halogens is 1. The topological polar surface area (TPSA) is 50.0 Å². The van der Waals surface area contributed by atoms with Crippen molar-refractivity contribution in [3.05, 3.63) is 24.2 Å². The second-order valence-electron chi connectivity index (χ2n) is 7.63. The quantitative estimate of drug-likeness (QED) is 0.333. The first-order valence-electron chi connectivity index (χ1n) is 10.5. The lowest BCUT2D eigenvalue weighted by molar-refractivity contribution is 0.00101. The molecule has 0 unspecified atom stereocenters. The molecule has 2 aliphatic rings. The molecule has 154 valence electrons. The summed E-state index contributed by atoms with van der Waals surface area (Å²) < 4.78 is 11.6. The molecule has 6 heteroatoms. The maximum atomic E-state index is 6.21. The van der Waals surface area contributed by atoms with E-state index in [1.807, 2.05) is 12.1 Å². The van der Waals surface area contributed by atoms with E-state index in [1.54, 1.807) is 6.26 Å². The number of likely N-dealkylation sites (tertiary alicyclic amines) is 1. The van der Waals surface area contributed by atoms with Crippen LogP contribution in [0.25, 0.3) is 0 Å². The van der Waals surface area contributed by atoms with Gasteiger partial charge in [-0.3, -0.25) is 4.99 Å². The number of guanidine groups is 1. The van der Waals surface area contributed by atoms with Crippen molar-refractivity contribution in [3.8, 4) is 0 Å². The van der Waals surface area contributed by atoms with Crippen LogP contribution in [-0.2, 0) is 11.2 Å². The highest BCUT2D eigenvalue weighted by molar-refractivity contribution is 14.0. The molecule has 27 heavy (non-hydrogen) atoms. The highest BCUT2D eigenvalue weighted by Crippen LogP contribution is 2.26. The van der Waals surface area contributed by atoms with Crippen molar-refractivity contribution in [3.63, 3.8) is 0 Å². The Bertz CT molecular complexity index is 522. The summed E-state index contributed by atoms with van der Waals surface area (Å²) in [7, 11) is 0. The van der Waals surface area contributed by atoms with Crippen molar-refractivity contribution < 1.29 is 9.15 Å². The van der Waals surface area contributed by atoms with E-state index < -0.39 is 0 Å². The zero-order valence-electron chi connectivity index (χ0n) is 16.7. The third-order valence-electron chi connectivity index (χ3n) is 5.50. The van der Waals surface area contributed by atoms with Crippen molar-refractivity contribution in [1.29, 1.82) is 0 Å². The van der Waals surface area contributed by atoms with Gasteiger partial charge in [-0.25, -0.2) is 0 Å². The van der Waals surface area contributed by atoms with Crippen LogP contribution in [0.3, 0.4) is 0 Å². The van der Waals surface area contributed by atoms with E-state index in [9.17, 15) is 0 Å². The largest absolute Gasteiger partial charge is 0.469 e. The van der Waals surface area contributed by atoms with E-state index in [-0.39, 0.29) is 24.0 Å². The molecule has 3 rings (SSSR count). The van der Waals surface area contributed by atoms with Crippen LogP contribution in [0.4, 0.5) is 0 Å². The van der Waals surface area contributed by atoms with Crippen molar-refractivity contribution in [2.24, 2.45) is 10.9 Å². The van der Waals surface area contributed by atoms with E-state index in [2.05, 4.69) is 17.1 Å². The average molecular weight is 489 g/mol. The summed E-state index contributed by atoms with van der Waals surface area (Å²) in [6.45, 7) is 6.95. The molecular weight excluding hydrogens is 453 g/mol. The van der Waals surface area contributed by atoms with Crippen molar-refractivity contribution in [2.75, 3.05) is 32.8 Å². The van der Waals surface area contributed by atoms with Crippen LogP contribution in [0.15, 0.2) is 27.8 Å². The summed E-state index contributed by atoms with van der Waals surface area (Å²) in [5.41, 5.74) is 0. The van der Waals surface area contributed by atoms with Gasteiger partial charge in [0.2, 0.25) is 0 Å². The zero-order chi connectivity index (χ0) is 18.0. The van der Waals surface area contributed by atoms with Gasteiger partial charge >= 0.3 is 0 Å². The smallest absolute Gasteiger partial charge is 0.193 e. The molecule has 1 aromatic rings. The highest BCUT2D eigenvalue weighted by Gasteiger charge is 2.24. The highest BCUT2D eigenvalue weighted by atomic mass is 127. The molecule has 2 fully saturated rings.